The molecule has 0 saturated heterocycles. The average molecular weight is 793 g/mol. The van der Waals surface area contributed by atoms with Gasteiger partial charge in [-0.3, -0.25) is 9.98 Å². The Hall–Kier alpha value is -3.32. The van der Waals surface area contributed by atoms with E-state index < -0.39 is 15.8 Å². The topological polar surface area (TPSA) is 48.8 Å². The fraction of sp³-hybridized carbons (Fsp3) is 0.490. The van der Waals surface area contributed by atoms with Crippen LogP contribution in [0.4, 0.5) is 0 Å². The molecule has 12 rings (SSSR count). The van der Waals surface area contributed by atoms with Gasteiger partial charge in [0, 0.05) is 34.5 Å². The number of nitrogens with zero attached hydrogens (tertiary/aromatic N) is 2. The fourth-order valence-electron chi connectivity index (χ4n) is 13.2. The van der Waals surface area contributed by atoms with Gasteiger partial charge in [-0.05, 0) is 153 Å². The highest BCUT2D eigenvalue weighted by molar-refractivity contribution is 7.88. The minimum absolute atomic E-state index is 0.131. The third-order valence-electron chi connectivity index (χ3n) is 14.6. The summed E-state index contributed by atoms with van der Waals surface area (Å²) in [7, 11) is -1.51. The van der Waals surface area contributed by atoms with Crippen LogP contribution in [0.25, 0.3) is 0 Å². The van der Waals surface area contributed by atoms with Gasteiger partial charge in [0.2, 0.25) is 0 Å². The highest BCUT2D eigenvalue weighted by Gasteiger charge is 2.53. The van der Waals surface area contributed by atoms with Gasteiger partial charge in [0.05, 0.1) is 5.54 Å². The standard InChI is InChI=1S/C51H62N4P2/c1-6-16-44(17-7-1)56(45-18-8-2-9-19-45)48(54-50-32-38-26-39(33-50)28-40(27-38)34-50)52-24-14-5-15-25-53-49(55-51-35-41-29-42(36-51)31-43(30-41)37-51)57(46-20-10-3-11-21-46)47-22-12-4-13-23-47/h1-4,6-13,16-23,38-43H,5,14-15,24-37H2,(H,52,54)(H,53,55). The Morgan fingerprint density at radius 2 is 0.860 bits per heavy atom. The zero-order valence-electron chi connectivity index (χ0n) is 33.8. The van der Waals surface area contributed by atoms with Gasteiger partial charge in [-0.15, -0.1) is 0 Å². The lowest BCUT2D eigenvalue weighted by Gasteiger charge is -2.57. The number of unbranched alkanes of at least 4 members (excludes halogenated alkanes) is 2. The van der Waals surface area contributed by atoms with Gasteiger partial charge >= 0.3 is 0 Å². The number of amidine groups is 2. The Labute approximate surface area is 344 Å². The highest BCUT2D eigenvalue weighted by Crippen LogP contribution is 2.58. The summed E-state index contributed by atoms with van der Waals surface area (Å²) in [4.78, 5) is 11.6. The Balaban J connectivity index is 0.872. The summed E-state index contributed by atoms with van der Waals surface area (Å²) >= 11 is 0. The number of nitrogens with one attached hydrogen (secondary N) is 2. The van der Waals surface area contributed by atoms with Crippen LogP contribution < -0.4 is 31.9 Å². The number of benzene rings is 4. The van der Waals surface area contributed by atoms with Crippen LogP contribution in [0.5, 0.6) is 0 Å². The van der Waals surface area contributed by atoms with Crippen LogP contribution in [0, 0.1) is 35.5 Å². The van der Waals surface area contributed by atoms with E-state index in [-0.39, 0.29) is 11.1 Å². The van der Waals surface area contributed by atoms with Gasteiger partial charge in [-0.25, -0.2) is 0 Å². The second-order valence-corrected chi connectivity index (χ2v) is 23.4. The molecule has 0 unspecified atom stereocenters. The predicted octanol–water partition coefficient (Wildman–Crippen LogP) is 10.3. The van der Waals surface area contributed by atoms with Gasteiger partial charge in [-0.1, -0.05) is 121 Å². The van der Waals surface area contributed by atoms with Crippen molar-refractivity contribution in [2.75, 3.05) is 13.1 Å². The molecule has 0 atom stereocenters. The van der Waals surface area contributed by atoms with Crippen LogP contribution in [0.3, 0.4) is 0 Å². The molecule has 57 heavy (non-hydrogen) atoms. The van der Waals surface area contributed by atoms with Crippen LogP contribution in [0.2, 0.25) is 0 Å². The first-order valence-electron chi connectivity index (χ1n) is 22.5. The molecule has 8 aliphatic carbocycles. The van der Waals surface area contributed by atoms with Crippen molar-refractivity contribution in [3.63, 3.8) is 0 Å². The second-order valence-electron chi connectivity index (χ2n) is 19.1. The van der Waals surface area contributed by atoms with Crippen LogP contribution in [-0.4, -0.2) is 35.3 Å². The molecular formula is C51H62N4P2. The third kappa shape index (κ3) is 8.43. The van der Waals surface area contributed by atoms with Gasteiger partial charge in [0.25, 0.3) is 0 Å². The van der Waals surface area contributed by atoms with Crippen LogP contribution >= 0.6 is 15.8 Å². The Kier molecular flexibility index (Phi) is 11.1. The molecule has 8 bridgehead atoms. The molecule has 8 fully saturated rings. The minimum Gasteiger partial charge on any atom is -0.370 e. The van der Waals surface area contributed by atoms with E-state index in [0.717, 1.165) is 67.9 Å². The molecule has 4 aromatic carbocycles. The normalized spacial score (nSPS) is 31.3. The Morgan fingerprint density at radius 1 is 0.474 bits per heavy atom. The van der Waals surface area contributed by atoms with E-state index in [1.807, 2.05) is 0 Å². The number of aliphatic imine (C=N–C) groups is 2. The lowest BCUT2D eigenvalue weighted by Crippen LogP contribution is -2.60. The van der Waals surface area contributed by atoms with Crippen molar-refractivity contribution >= 4 is 48.2 Å². The van der Waals surface area contributed by atoms with E-state index in [2.05, 4.69) is 132 Å². The Morgan fingerprint density at radius 3 is 1.28 bits per heavy atom. The number of hydrogen-bond acceptors (Lipinski definition) is 2. The average Bonchev–Trinajstić information content (AvgIpc) is 3.21. The lowest BCUT2D eigenvalue weighted by atomic mass is 9.53. The zero-order chi connectivity index (χ0) is 38.1. The van der Waals surface area contributed by atoms with Crippen molar-refractivity contribution in [2.24, 2.45) is 45.5 Å². The van der Waals surface area contributed by atoms with Crippen LogP contribution in [0.1, 0.15) is 96.3 Å². The maximum atomic E-state index is 5.95. The molecule has 8 saturated carbocycles. The maximum absolute atomic E-state index is 5.95. The molecule has 2 N–H and O–H groups in total. The minimum atomic E-state index is -0.758. The molecule has 0 aromatic heterocycles. The van der Waals surface area contributed by atoms with Crippen molar-refractivity contribution in [3.8, 4) is 0 Å². The molecule has 0 radical (unpaired) electrons. The molecule has 0 amide bonds. The van der Waals surface area contributed by atoms with E-state index in [4.69, 9.17) is 9.98 Å². The summed E-state index contributed by atoms with van der Waals surface area (Å²) in [6.45, 7) is 1.84. The highest BCUT2D eigenvalue weighted by atomic mass is 31.1. The van der Waals surface area contributed by atoms with E-state index in [9.17, 15) is 0 Å². The predicted molar refractivity (Wildman–Crippen MR) is 245 cm³/mol. The third-order valence-corrected chi connectivity index (χ3v) is 19.2. The summed E-state index contributed by atoms with van der Waals surface area (Å²) in [5.74, 6) is 5.35. The molecular weight excluding hydrogens is 731 g/mol. The molecule has 0 aliphatic heterocycles. The van der Waals surface area contributed by atoms with Gasteiger partial charge < -0.3 is 10.6 Å². The summed E-state index contributed by atoms with van der Waals surface area (Å²) < 4.78 is 0. The molecule has 4 nitrogen and oxygen atoms in total. The zero-order valence-corrected chi connectivity index (χ0v) is 35.6. The molecule has 0 spiro atoms. The van der Waals surface area contributed by atoms with Crippen molar-refractivity contribution in [3.05, 3.63) is 121 Å². The van der Waals surface area contributed by atoms with Crippen LogP contribution in [0.15, 0.2) is 131 Å². The fourth-order valence-corrected chi connectivity index (χ4v) is 17.8. The SMILES string of the molecule is c1ccc(P(/C(=N\C23CC4CC(CC(C4)C2)C3)NCCCCC/N=C(/NC23CC4CC(CC(C4)C2)C3)P(c2ccccc2)c2ccccc2)c2ccccc2)cc1. The monoisotopic (exact) mass is 792 g/mol. The summed E-state index contributed by atoms with van der Waals surface area (Å²) in [5, 5.41) is 14.0. The first-order chi connectivity index (χ1) is 28.1. The molecule has 4 aromatic rings. The number of hydrogen-bond donors (Lipinski definition) is 2. The number of rotatable bonds is 14. The van der Waals surface area contributed by atoms with E-state index >= 15 is 0 Å². The smallest absolute Gasteiger partial charge is 0.129 e. The molecule has 0 heterocycles. The first-order valence-corrected chi connectivity index (χ1v) is 25.2. The lowest BCUT2D eigenvalue weighted by molar-refractivity contribution is -0.00968. The Bertz CT molecular complexity index is 1850. The van der Waals surface area contributed by atoms with Gasteiger partial charge in [-0.2, -0.15) is 0 Å². The van der Waals surface area contributed by atoms with Crippen molar-refractivity contribution in [2.45, 2.75) is 107 Å². The maximum Gasteiger partial charge on any atom is 0.129 e. The second kappa shape index (κ2) is 16.7. The van der Waals surface area contributed by atoms with E-state index in [0.29, 0.717) is 0 Å². The van der Waals surface area contributed by atoms with E-state index in [1.165, 1.54) is 109 Å². The van der Waals surface area contributed by atoms with Crippen molar-refractivity contribution in [1.29, 1.82) is 0 Å². The summed E-state index contributed by atoms with van der Waals surface area (Å²) in [6.07, 6.45) is 20.0. The summed E-state index contributed by atoms with van der Waals surface area (Å²) in [6, 6.07) is 45.0. The molecule has 296 valence electrons. The summed E-state index contributed by atoms with van der Waals surface area (Å²) in [5.41, 5.74) is 2.89. The van der Waals surface area contributed by atoms with Gasteiger partial charge in [0.15, 0.2) is 0 Å². The van der Waals surface area contributed by atoms with Gasteiger partial charge in [0.1, 0.15) is 11.2 Å². The largest absolute Gasteiger partial charge is 0.370 e. The molecule has 6 heteroatoms. The van der Waals surface area contributed by atoms with Crippen LogP contribution in [-0.2, 0) is 0 Å². The van der Waals surface area contributed by atoms with Crippen molar-refractivity contribution < 1.29 is 0 Å². The molecule has 8 aliphatic rings. The van der Waals surface area contributed by atoms with E-state index in [1.54, 1.807) is 0 Å². The quantitative estimate of drug-likeness (QED) is 0.0578. The first kappa shape index (κ1) is 37.9. The van der Waals surface area contributed by atoms with Crippen molar-refractivity contribution in [1.82, 2.24) is 10.6 Å².